The third-order valence-electron chi connectivity index (χ3n) is 3.21. The van der Waals surface area contributed by atoms with Crippen LogP contribution in [0.25, 0.3) is 0 Å². The van der Waals surface area contributed by atoms with Crippen LogP contribution in [0.3, 0.4) is 0 Å². The Kier molecular flexibility index (Phi) is 5.59. The van der Waals surface area contributed by atoms with Crippen molar-refractivity contribution < 1.29 is 18.3 Å². The van der Waals surface area contributed by atoms with Gasteiger partial charge < -0.3 is 9.84 Å². The molecule has 0 saturated heterocycles. The van der Waals surface area contributed by atoms with Gasteiger partial charge in [0.15, 0.2) is 9.84 Å². The summed E-state index contributed by atoms with van der Waals surface area (Å²) in [5.74, 6) is 0.513. The largest absolute Gasteiger partial charge is 0.492 e. The van der Waals surface area contributed by atoms with Crippen LogP contribution in [-0.2, 0) is 9.84 Å². The van der Waals surface area contributed by atoms with Crippen molar-refractivity contribution in [2.75, 3.05) is 12.4 Å². The molecule has 0 saturated carbocycles. The Morgan fingerprint density at radius 3 is 2.40 bits per heavy atom. The Hall–Kier alpha value is -1.07. The molecule has 0 aromatic heterocycles. The third kappa shape index (κ3) is 4.21. The van der Waals surface area contributed by atoms with Crippen molar-refractivity contribution >= 4 is 9.84 Å². The van der Waals surface area contributed by atoms with E-state index in [0.29, 0.717) is 17.7 Å². The first-order chi connectivity index (χ1) is 9.19. The smallest absolute Gasteiger partial charge is 0.158 e. The Bertz CT molecular complexity index is 529. The van der Waals surface area contributed by atoms with Gasteiger partial charge in [0.1, 0.15) is 12.4 Å². The molecule has 0 bridgehead atoms. The van der Waals surface area contributed by atoms with Gasteiger partial charge in [-0.05, 0) is 33.3 Å². The van der Waals surface area contributed by atoms with Crippen molar-refractivity contribution in [2.45, 2.75) is 45.0 Å². The van der Waals surface area contributed by atoms with Crippen molar-refractivity contribution in [3.63, 3.8) is 0 Å². The summed E-state index contributed by atoms with van der Waals surface area (Å²) in [6.07, 6.45) is -0.00821. The lowest BCUT2D eigenvalue weighted by molar-refractivity contribution is 0.168. The molecule has 0 aliphatic carbocycles. The molecule has 1 rings (SSSR count). The zero-order valence-electron chi connectivity index (χ0n) is 12.6. The van der Waals surface area contributed by atoms with Crippen molar-refractivity contribution in [3.05, 3.63) is 29.8 Å². The Morgan fingerprint density at radius 1 is 1.25 bits per heavy atom. The van der Waals surface area contributed by atoms with Crippen molar-refractivity contribution in [3.8, 4) is 5.75 Å². The molecule has 0 amide bonds. The predicted octanol–water partition coefficient (Wildman–Crippen LogP) is 2.72. The van der Waals surface area contributed by atoms with Crippen molar-refractivity contribution in [1.29, 1.82) is 0 Å². The summed E-state index contributed by atoms with van der Waals surface area (Å²) >= 11 is 0. The molecule has 114 valence electrons. The van der Waals surface area contributed by atoms with Gasteiger partial charge in [0.05, 0.1) is 16.6 Å². The Morgan fingerprint density at radius 2 is 1.85 bits per heavy atom. The number of aliphatic hydroxyl groups excluding tert-OH is 1. The van der Waals surface area contributed by atoms with Crippen LogP contribution in [0.2, 0.25) is 0 Å². The minimum absolute atomic E-state index is 0.0347. The van der Waals surface area contributed by atoms with Gasteiger partial charge in [-0.15, -0.1) is 0 Å². The highest BCUT2D eigenvalue weighted by Crippen LogP contribution is 2.27. The first-order valence-electron chi connectivity index (χ1n) is 6.81. The average Bonchev–Trinajstić information content (AvgIpc) is 2.37. The van der Waals surface area contributed by atoms with Crippen LogP contribution in [0.4, 0.5) is 0 Å². The first kappa shape index (κ1) is 17.0. The number of ether oxygens (including phenoxy) is 1. The van der Waals surface area contributed by atoms with Gasteiger partial charge in [0.25, 0.3) is 0 Å². The number of hydrogen-bond donors (Lipinski definition) is 1. The maximum Gasteiger partial charge on any atom is 0.158 e. The molecule has 1 N–H and O–H groups in total. The number of hydrogen-bond acceptors (Lipinski definition) is 4. The van der Waals surface area contributed by atoms with Gasteiger partial charge in [-0.2, -0.15) is 0 Å². The fourth-order valence-electron chi connectivity index (χ4n) is 1.67. The summed E-state index contributed by atoms with van der Waals surface area (Å²) in [5, 5.41) is 9.90. The number of rotatable bonds is 6. The third-order valence-corrected chi connectivity index (χ3v) is 5.78. The molecular formula is C15H24O4S. The molecule has 0 aliphatic heterocycles. The lowest BCUT2D eigenvalue weighted by Crippen LogP contribution is -2.32. The molecular weight excluding hydrogens is 276 g/mol. The molecule has 0 spiro atoms. The summed E-state index contributed by atoms with van der Waals surface area (Å²) in [5.41, 5.74) is 0.697. The highest BCUT2D eigenvalue weighted by Gasteiger charge is 2.28. The average molecular weight is 300 g/mol. The van der Waals surface area contributed by atoms with Gasteiger partial charge in [0.2, 0.25) is 0 Å². The number of benzene rings is 1. The predicted molar refractivity (Wildman–Crippen MR) is 80.7 cm³/mol. The van der Waals surface area contributed by atoms with E-state index in [1.807, 2.05) is 13.0 Å². The van der Waals surface area contributed by atoms with Crippen LogP contribution in [0, 0.1) is 0 Å². The highest BCUT2D eigenvalue weighted by molar-refractivity contribution is 7.92. The summed E-state index contributed by atoms with van der Waals surface area (Å²) in [4.78, 5) is 0. The topological polar surface area (TPSA) is 63.6 Å². The number of aliphatic hydroxyl groups is 1. The van der Waals surface area contributed by atoms with Crippen LogP contribution in [0.15, 0.2) is 24.3 Å². The van der Waals surface area contributed by atoms with Gasteiger partial charge in [-0.1, -0.05) is 25.1 Å². The van der Waals surface area contributed by atoms with Gasteiger partial charge >= 0.3 is 0 Å². The zero-order chi connectivity index (χ0) is 15.4. The molecule has 0 aliphatic rings. The SMILES string of the molecule is CC[C@@H](O)c1ccccc1OCCS(=O)(=O)C(C)(C)C. The van der Waals surface area contributed by atoms with E-state index in [2.05, 4.69) is 0 Å². The van der Waals surface area contributed by atoms with Crippen molar-refractivity contribution in [1.82, 2.24) is 0 Å². The maximum atomic E-state index is 12.0. The molecule has 1 aromatic rings. The molecule has 4 nitrogen and oxygen atoms in total. The standard InChI is InChI=1S/C15H24O4S/c1-5-13(16)12-8-6-7-9-14(12)19-10-11-20(17,18)15(2,3)4/h6-9,13,16H,5,10-11H2,1-4H3/t13-/m1/s1. The van der Waals surface area contributed by atoms with E-state index >= 15 is 0 Å². The van der Waals surface area contributed by atoms with E-state index < -0.39 is 20.7 Å². The quantitative estimate of drug-likeness (QED) is 0.877. The second kappa shape index (κ2) is 6.59. The molecule has 0 radical (unpaired) electrons. The molecule has 5 heteroatoms. The molecule has 0 fully saturated rings. The molecule has 0 unspecified atom stereocenters. The summed E-state index contributed by atoms with van der Waals surface area (Å²) in [6, 6.07) is 7.17. The Labute approximate surface area is 121 Å². The minimum atomic E-state index is -3.19. The molecule has 0 heterocycles. The van der Waals surface area contributed by atoms with Crippen LogP contribution in [-0.4, -0.2) is 30.6 Å². The number of sulfone groups is 1. The van der Waals surface area contributed by atoms with Gasteiger partial charge in [0, 0.05) is 5.56 Å². The number of para-hydroxylation sites is 1. The van der Waals surface area contributed by atoms with E-state index in [0.717, 1.165) is 0 Å². The summed E-state index contributed by atoms with van der Waals surface area (Å²) < 4.78 is 28.7. The highest BCUT2D eigenvalue weighted by atomic mass is 32.2. The maximum absolute atomic E-state index is 12.0. The first-order valence-corrected chi connectivity index (χ1v) is 8.46. The fraction of sp³-hybridized carbons (Fsp3) is 0.600. The second-order valence-corrected chi connectivity index (χ2v) is 8.60. The molecule has 1 aromatic carbocycles. The minimum Gasteiger partial charge on any atom is -0.492 e. The van der Waals surface area contributed by atoms with E-state index in [1.165, 1.54) is 0 Å². The van der Waals surface area contributed by atoms with Crippen LogP contribution < -0.4 is 4.74 Å². The van der Waals surface area contributed by atoms with Crippen molar-refractivity contribution in [2.24, 2.45) is 0 Å². The van der Waals surface area contributed by atoms with E-state index in [-0.39, 0.29) is 12.4 Å². The van der Waals surface area contributed by atoms with Gasteiger partial charge in [-0.3, -0.25) is 0 Å². The molecule has 1 atom stereocenters. The normalized spacial score (nSPS) is 14.1. The van der Waals surface area contributed by atoms with E-state index in [9.17, 15) is 13.5 Å². The Balaban J connectivity index is 2.73. The second-order valence-electron chi connectivity index (χ2n) is 5.74. The zero-order valence-corrected chi connectivity index (χ0v) is 13.4. The monoisotopic (exact) mass is 300 g/mol. The van der Waals surface area contributed by atoms with Gasteiger partial charge in [-0.25, -0.2) is 8.42 Å². The fourth-order valence-corrected chi connectivity index (χ4v) is 2.59. The van der Waals surface area contributed by atoms with E-state index in [1.54, 1.807) is 39.0 Å². The van der Waals surface area contributed by atoms with Crippen LogP contribution in [0.1, 0.15) is 45.8 Å². The lowest BCUT2D eigenvalue weighted by Gasteiger charge is -2.20. The van der Waals surface area contributed by atoms with E-state index in [4.69, 9.17) is 4.74 Å². The van der Waals surface area contributed by atoms with Crippen LogP contribution >= 0.6 is 0 Å². The lowest BCUT2D eigenvalue weighted by atomic mass is 10.1. The van der Waals surface area contributed by atoms with Crippen LogP contribution in [0.5, 0.6) is 5.75 Å². The molecule has 20 heavy (non-hydrogen) atoms. The summed E-state index contributed by atoms with van der Waals surface area (Å²) in [7, 11) is -3.19. The summed E-state index contributed by atoms with van der Waals surface area (Å²) in [6.45, 7) is 7.00.